The molecule has 1 heterocycles. The molecule has 158 valence electrons. The van der Waals surface area contributed by atoms with Gasteiger partial charge < -0.3 is 10.4 Å². The Labute approximate surface area is 174 Å². The number of hydrogen-bond acceptors (Lipinski definition) is 5. The normalized spacial score (nSPS) is 11.4. The molecule has 10 heteroatoms. The number of aromatic hydroxyl groups is 1. The van der Waals surface area contributed by atoms with Gasteiger partial charge in [0.2, 0.25) is 11.1 Å². The molecule has 1 aromatic heterocycles. The van der Waals surface area contributed by atoms with E-state index in [9.17, 15) is 23.1 Å². The van der Waals surface area contributed by atoms with E-state index in [1.54, 1.807) is 24.3 Å². The monoisotopic (exact) mass is 436 g/mol. The zero-order chi connectivity index (χ0) is 21.6. The van der Waals surface area contributed by atoms with Gasteiger partial charge in [-0.1, -0.05) is 30.0 Å². The summed E-state index contributed by atoms with van der Waals surface area (Å²) in [5.41, 5.74) is -0.115. The van der Waals surface area contributed by atoms with E-state index in [0.29, 0.717) is 35.1 Å². The number of benzene rings is 2. The SMILES string of the molecule is O=C(CCCCSc1n[nH]c(-c2ccccc2O)n1)Nc1cccc(C(F)(F)F)c1. The van der Waals surface area contributed by atoms with Crippen molar-refractivity contribution in [3.63, 3.8) is 0 Å². The van der Waals surface area contributed by atoms with Crippen LogP contribution in [0.25, 0.3) is 11.4 Å². The van der Waals surface area contributed by atoms with E-state index in [1.807, 2.05) is 0 Å². The molecule has 0 fully saturated rings. The van der Waals surface area contributed by atoms with Crippen molar-refractivity contribution in [3.05, 3.63) is 54.1 Å². The van der Waals surface area contributed by atoms with Crippen molar-refractivity contribution in [1.82, 2.24) is 15.2 Å². The molecule has 30 heavy (non-hydrogen) atoms. The largest absolute Gasteiger partial charge is 0.507 e. The summed E-state index contributed by atoms with van der Waals surface area (Å²) in [6.45, 7) is 0. The van der Waals surface area contributed by atoms with Gasteiger partial charge in [-0.15, -0.1) is 5.10 Å². The standard InChI is InChI=1S/C20H19F3N4O2S/c21-20(22,23)13-6-5-7-14(12-13)24-17(29)10-3-4-11-30-19-25-18(26-27-19)15-8-1-2-9-16(15)28/h1-2,5-9,12,28H,3-4,10-11H2,(H,24,29)(H,25,26,27). The number of anilines is 1. The maximum absolute atomic E-state index is 12.7. The van der Waals surface area contributed by atoms with Crippen LogP contribution in [0, 0.1) is 0 Å². The first-order chi connectivity index (χ1) is 14.3. The number of phenolic OH excluding ortho intramolecular Hbond substituents is 1. The van der Waals surface area contributed by atoms with Crippen molar-refractivity contribution in [2.24, 2.45) is 0 Å². The van der Waals surface area contributed by atoms with Gasteiger partial charge in [0, 0.05) is 17.9 Å². The molecule has 0 aliphatic heterocycles. The van der Waals surface area contributed by atoms with Gasteiger partial charge in [-0.3, -0.25) is 9.89 Å². The zero-order valence-electron chi connectivity index (χ0n) is 15.7. The predicted octanol–water partition coefficient (Wildman–Crippen LogP) is 5.10. The van der Waals surface area contributed by atoms with Crippen molar-refractivity contribution < 1.29 is 23.1 Å². The number of amides is 1. The molecule has 6 nitrogen and oxygen atoms in total. The summed E-state index contributed by atoms with van der Waals surface area (Å²) in [4.78, 5) is 16.3. The second kappa shape index (κ2) is 9.66. The van der Waals surface area contributed by atoms with Gasteiger partial charge in [-0.25, -0.2) is 4.98 Å². The number of H-pyrrole nitrogens is 1. The number of para-hydroxylation sites is 1. The fourth-order valence-electron chi connectivity index (χ4n) is 2.65. The van der Waals surface area contributed by atoms with Gasteiger partial charge in [-0.2, -0.15) is 13.2 Å². The van der Waals surface area contributed by atoms with Crippen molar-refractivity contribution in [1.29, 1.82) is 0 Å². The molecule has 0 saturated heterocycles. The van der Waals surface area contributed by atoms with Gasteiger partial charge in [0.25, 0.3) is 0 Å². The van der Waals surface area contributed by atoms with Crippen LogP contribution in [0.2, 0.25) is 0 Å². The molecule has 1 amide bonds. The molecule has 0 bridgehead atoms. The van der Waals surface area contributed by atoms with Crippen molar-refractivity contribution in [2.75, 3.05) is 11.1 Å². The van der Waals surface area contributed by atoms with Crippen LogP contribution in [-0.4, -0.2) is 31.9 Å². The molecule has 0 aliphatic rings. The number of aromatic amines is 1. The minimum Gasteiger partial charge on any atom is -0.507 e. The Morgan fingerprint density at radius 3 is 2.70 bits per heavy atom. The minimum absolute atomic E-state index is 0.108. The smallest absolute Gasteiger partial charge is 0.416 e. The van der Waals surface area contributed by atoms with Crippen molar-refractivity contribution in [3.8, 4) is 17.1 Å². The Morgan fingerprint density at radius 1 is 1.13 bits per heavy atom. The maximum atomic E-state index is 12.7. The first kappa shape index (κ1) is 21.7. The van der Waals surface area contributed by atoms with E-state index in [2.05, 4.69) is 20.5 Å². The second-order valence-corrected chi connectivity index (χ2v) is 7.48. The average Bonchev–Trinajstić information content (AvgIpc) is 3.16. The third-order valence-electron chi connectivity index (χ3n) is 4.13. The molecule has 2 aromatic carbocycles. The van der Waals surface area contributed by atoms with E-state index in [4.69, 9.17) is 0 Å². The van der Waals surface area contributed by atoms with Crippen LogP contribution in [0.15, 0.2) is 53.7 Å². The minimum atomic E-state index is -4.45. The number of rotatable bonds is 8. The summed E-state index contributed by atoms with van der Waals surface area (Å²) in [5.74, 6) is 0.918. The molecule has 3 rings (SSSR count). The number of carbonyl (C=O) groups is 1. The molecular weight excluding hydrogens is 417 g/mol. The van der Waals surface area contributed by atoms with Crippen LogP contribution >= 0.6 is 11.8 Å². The lowest BCUT2D eigenvalue weighted by molar-refractivity contribution is -0.137. The molecule has 0 aliphatic carbocycles. The molecule has 0 saturated carbocycles. The highest BCUT2D eigenvalue weighted by Gasteiger charge is 2.30. The Morgan fingerprint density at radius 2 is 1.93 bits per heavy atom. The Balaban J connectivity index is 1.40. The summed E-state index contributed by atoms with van der Waals surface area (Å²) in [5, 5.41) is 19.7. The number of alkyl halides is 3. The number of phenols is 1. The third kappa shape index (κ3) is 5.99. The summed E-state index contributed by atoms with van der Waals surface area (Å²) < 4.78 is 38.1. The summed E-state index contributed by atoms with van der Waals surface area (Å²) in [7, 11) is 0. The Bertz CT molecular complexity index is 1010. The van der Waals surface area contributed by atoms with Gasteiger partial charge in [-0.05, 0) is 43.2 Å². The lowest BCUT2D eigenvalue weighted by Gasteiger charge is -2.09. The maximum Gasteiger partial charge on any atom is 0.416 e. The molecular formula is C20H19F3N4O2S. The molecule has 3 aromatic rings. The van der Waals surface area contributed by atoms with Gasteiger partial charge >= 0.3 is 6.18 Å². The van der Waals surface area contributed by atoms with E-state index < -0.39 is 11.7 Å². The van der Waals surface area contributed by atoms with E-state index in [-0.39, 0.29) is 23.8 Å². The van der Waals surface area contributed by atoms with E-state index in [0.717, 1.165) is 12.1 Å². The van der Waals surface area contributed by atoms with E-state index >= 15 is 0 Å². The molecule has 0 unspecified atom stereocenters. The summed E-state index contributed by atoms with van der Waals surface area (Å²) in [6.07, 6.45) is -2.96. The lowest BCUT2D eigenvalue weighted by Crippen LogP contribution is -2.12. The highest BCUT2D eigenvalue weighted by molar-refractivity contribution is 7.99. The zero-order valence-corrected chi connectivity index (χ0v) is 16.6. The van der Waals surface area contributed by atoms with Crippen LogP contribution in [0.3, 0.4) is 0 Å². The van der Waals surface area contributed by atoms with Crippen LogP contribution in [0.1, 0.15) is 24.8 Å². The highest BCUT2D eigenvalue weighted by atomic mass is 32.2. The van der Waals surface area contributed by atoms with Crippen LogP contribution in [0.5, 0.6) is 5.75 Å². The topological polar surface area (TPSA) is 90.9 Å². The summed E-state index contributed by atoms with van der Waals surface area (Å²) >= 11 is 1.41. The van der Waals surface area contributed by atoms with Crippen LogP contribution in [-0.2, 0) is 11.0 Å². The number of nitrogens with one attached hydrogen (secondary N) is 2. The number of hydrogen-bond donors (Lipinski definition) is 3. The molecule has 0 radical (unpaired) electrons. The average molecular weight is 436 g/mol. The summed E-state index contributed by atoms with van der Waals surface area (Å²) in [6, 6.07) is 11.4. The fourth-order valence-corrected chi connectivity index (χ4v) is 3.45. The fraction of sp³-hybridized carbons (Fsp3) is 0.250. The van der Waals surface area contributed by atoms with E-state index in [1.165, 1.54) is 23.9 Å². The third-order valence-corrected chi connectivity index (χ3v) is 5.06. The molecule has 0 spiro atoms. The first-order valence-corrected chi connectivity index (χ1v) is 10.1. The lowest BCUT2D eigenvalue weighted by atomic mass is 10.2. The second-order valence-electron chi connectivity index (χ2n) is 6.42. The molecule has 3 N–H and O–H groups in total. The van der Waals surface area contributed by atoms with Crippen molar-refractivity contribution >= 4 is 23.4 Å². The number of unbranched alkanes of at least 4 members (excludes halogenated alkanes) is 1. The highest BCUT2D eigenvalue weighted by Crippen LogP contribution is 2.31. The number of thioether (sulfide) groups is 1. The predicted molar refractivity (Wildman–Crippen MR) is 108 cm³/mol. The Hall–Kier alpha value is -3.01. The van der Waals surface area contributed by atoms with Crippen molar-refractivity contribution in [2.45, 2.75) is 30.6 Å². The molecule has 0 atom stereocenters. The number of aromatic nitrogens is 3. The quantitative estimate of drug-likeness (QED) is 0.338. The first-order valence-electron chi connectivity index (χ1n) is 9.13. The van der Waals surface area contributed by atoms with Crippen LogP contribution in [0.4, 0.5) is 18.9 Å². The number of carbonyl (C=O) groups excluding carboxylic acids is 1. The van der Waals surface area contributed by atoms with Crippen LogP contribution < -0.4 is 5.32 Å². The van der Waals surface area contributed by atoms with Gasteiger partial charge in [0.15, 0.2) is 5.82 Å². The number of nitrogens with zero attached hydrogens (tertiary/aromatic N) is 2. The van der Waals surface area contributed by atoms with Gasteiger partial charge in [0.1, 0.15) is 5.75 Å². The Kier molecular flexibility index (Phi) is 6.99. The van der Waals surface area contributed by atoms with Gasteiger partial charge in [0.05, 0.1) is 11.1 Å². The number of halogens is 3.